The number of allylic oxidation sites excluding steroid dienone is 3. The van der Waals surface area contributed by atoms with Gasteiger partial charge in [0.05, 0.1) is 11.4 Å². The van der Waals surface area contributed by atoms with Crippen molar-refractivity contribution in [3.8, 4) is 0 Å². The van der Waals surface area contributed by atoms with Gasteiger partial charge in [-0.25, -0.2) is 0 Å². The van der Waals surface area contributed by atoms with E-state index in [2.05, 4.69) is 37.6 Å². The van der Waals surface area contributed by atoms with E-state index in [4.69, 9.17) is 0 Å². The maximum Gasteiger partial charge on any atom is 0.0641 e. The van der Waals surface area contributed by atoms with Gasteiger partial charge in [0.15, 0.2) is 0 Å². The van der Waals surface area contributed by atoms with Gasteiger partial charge in [0.2, 0.25) is 0 Å². The van der Waals surface area contributed by atoms with Gasteiger partial charge in [-0.15, -0.1) is 0 Å². The van der Waals surface area contributed by atoms with Crippen LogP contribution in [-0.4, -0.2) is 0 Å². The zero-order valence-electron chi connectivity index (χ0n) is 8.68. The minimum absolute atomic E-state index is 0.0632. The zero-order valence-corrected chi connectivity index (χ0v) is 8.68. The molecular weight excluding hydrogens is 148 g/mol. The van der Waals surface area contributed by atoms with E-state index in [0.717, 1.165) is 11.4 Å². The molecule has 0 aliphatic rings. The van der Waals surface area contributed by atoms with Crippen LogP contribution in [0.1, 0.15) is 34.6 Å². The van der Waals surface area contributed by atoms with Crippen molar-refractivity contribution < 1.29 is 0 Å². The highest BCUT2D eigenvalue weighted by Gasteiger charge is 2.15. The molecule has 2 nitrogen and oxygen atoms in total. The van der Waals surface area contributed by atoms with Crippen LogP contribution < -0.4 is 0 Å². The molecule has 0 saturated carbocycles. The van der Waals surface area contributed by atoms with Crippen molar-refractivity contribution in [2.45, 2.75) is 34.6 Å². The molecule has 0 aromatic heterocycles. The van der Waals surface area contributed by atoms with Crippen LogP contribution in [0.2, 0.25) is 0 Å². The lowest BCUT2D eigenvalue weighted by Crippen LogP contribution is -2.06. The molecule has 0 unspecified atom stereocenters. The normalized spacial score (nSPS) is 13.9. The van der Waals surface area contributed by atoms with E-state index in [1.54, 1.807) is 0 Å². The quantitative estimate of drug-likeness (QED) is 0.555. The molecule has 0 heterocycles. The molecule has 0 aliphatic carbocycles. The SMILES string of the molecule is C=C(C)N=N/C(=C\C)C(C)(C)C. The van der Waals surface area contributed by atoms with Crippen molar-refractivity contribution >= 4 is 0 Å². The van der Waals surface area contributed by atoms with E-state index in [-0.39, 0.29) is 5.41 Å². The summed E-state index contributed by atoms with van der Waals surface area (Å²) in [4.78, 5) is 0. The Labute approximate surface area is 75.1 Å². The molecule has 0 atom stereocenters. The Bertz CT molecular complexity index is 216. The second-order valence-corrected chi connectivity index (χ2v) is 3.86. The van der Waals surface area contributed by atoms with Crippen molar-refractivity contribution in [2.75, 3.05) is 0 Å². The van der Waals surface area contributed by atoms with Crippen LogP contribution in [0.25, 0.3) is 0 Å². The molecule has 0 aromatic rings. The standard InChI is InChI=1S/C10H18N2/c1-7-9(10(4,5)6)12-11-8(2)3/h7H,2H2,1,3-6H3/b9-7-,12-11?. The number of azo groups is 1. The molecule has 0 fully saturated rings. The molecule has 0 spiro atoms. The summed E-state index contributed by atoms with van der Waals surface area (Å²) >= 11 is 0. The zero-order chi connectivity index (χ0) is 9.78. The van der Waals surface area contributed by atoms with E-state index >= 15 is 0 Å². The Hall–Kier alpha value is -0.920. The molecule has 0 bridgehead atoms. The third kappa shape index (κ3) is 4.06. The lowest BCUT2D eigenvalue weighted by atomic mass is 9.92. The summed E-state index contributed by atoms with van der Waals surface area (Å²) < 4.78 is 0. The van der Waals surface area contributed by atoms with E-state index in [0.29, 0.717) is 0 Å². The van der Waals surface area contributed by atoms with Gasteiger partial charge in [0, 0.05) is 5.41 Å². The second kappa shape index (κ2) is 4.19. The molecule has 0 aliphatic heterocycles. The smallest absolute Gasteiger partial charge is 0.0641 e. The van der Waals surface area contributed by atoms with E-state index < -0.39 is 0 Å². The van der Waals surface area contributed by atoms with Crippen molar-refractivity contribution in [2.24, 2.45) is 15.6 Å². The fourth-order valence-corrected chi connectivity index (χ4v) is 0.780. The van der Waals surface area contributed by atoms with Crippen LogP contribution in [0.15, 0.2) is 34.3 Å². The lowest BCUT2D eigenvalue weighted by Gasteiger charge is -2.17. The Morgan fingerprint density at radius 2 is 1.75 bits per heavy atom. The van der Waals surface area contributed by atoms with E-state index in [1.165, 1.54) is 0 Å². The molecule has 0 aromatic carbocycles. The van der Waals surface area contributed by atoms with Crippen molar-refractivity contribution in [1.29, 1.82) is 0 Å². The van der Waals surface area contributed by atoms with Gasteiger partial charge in [-0.1, -0.05) is 33.4 Å². The van der Waals surface area contributed by atoms with Gasteiger partial charge in [0.25, 0.3) is 0 Å². The lowest BCUT2D eigenvalue weighted by molar-refractivity contribution is 0.491. The summed E-state index contributed by atoms with van der Waals surface area (Å²) in [6.07, 6.45) is 1.98. The number of hydrogen-bond donors (Lipinski definition) is 0. The first-order chi connectivity index (χ1) is 5.38. The Kier molecular flexibility index (Phi) is 3.87. The number of rotatable bonds is 2. The van der Waals surface area contributed by atoms with Gasteiger partial charge in [-0.05, 0) is 13.8 Å². The van der Waals surface area contributed by atoms with Crippen LogP contribution in [0.5, 0.6) is 0 Å². The largest absolute Gasteiger partial charge is 0.156 e. The third-order valence-electron chi connectivity index (χ3n) is 1.37. The number of hydrogen-bond acceptors (Lipinski definition) is 2. The molecule has 68 valence electrons. The fraction of sp³-hybridized carbons (Fsp3) is 0.600. The van der Waals surface area contributed by atoms with Crippen LogP contribution in [0, 0.1) is 5.41 Å². The molecular formula is C10H18N2. The van der Waals surface area contributed by atoms with Gasteiger partial charge in [-0.3, -0.25) is 0 Å². The van der Waals surface area contributed by atoms with Gasteiger partial charge >= 0.3 is 0 Å². The molecule has 0 N–H and O–H groups in total. The first-order valence-corrected chi connectivity index (χ1v) is 4.12. The van der Waals surface area contributed by atoms with Crippen molar-refractivity contribution in [3.63, 3.8) is 0 Å². The average molecular weight is 166 g/mol. The average Bonchev–Trinajstić information content (AvgIpc) is 1.85. The summed E-state index contributed by atoms with van der Waals surface area (Å²) in [6, 6.07) is 0. The topological polar surface area (TPSA) is 24.7 Å². The number of nitrogens with zero attached hydrogens (tertiary/aromatic N) is 2. The second-order valence-electron chi connectivity index (χ2n) is 3.86. The summed E-state index contributed by atoms with van der Waals surface area (Å²) in [5, 5.41) is 8.02. The molecule has 2 heteroatoms. The first-order valence-electron chi connectivity index (χ1n) is 4.12. The highest BCUT2D eigenvalue weighted by atomic mass is 15.1. The van der Waals surface area contributed by atoms with Crippen LogP contribution >= 0.6 is 0 Å². The maximum absolute atomic E-state index is 4.10. The predicted octanol–water partition coefficient (Wildman–Crippen LogP) is 3.92. The molecule has 12 heavy (non-hydrogen) atoms. The summed E-state index contributed by atoms with van der Waals surface area (Å²) in [6.45, 7) is 13.8. The van der Waals surface area contributed by atoms with Gasteiger partial charge < -0.3 is 0 Å². The summed E-state index contributed by atoms with van der Waals surface area (Å²) in [5.41, 5.74) is 1.79. The molecule has 0 saturated heterocycles. The third-order valence-corrected chi connectivity index (χ3v) is 1.37. The Balaban J connectivity index is 4.53. The minimum atomic E-state index is 0.0632. The first kappa shape index (κ1) is 11.1. The molecule has 0 amide bonds. The fourth-order valence-electron chi connectivity index (χ4n) is 0.780. The van der Waals surface area contributed by atoms with Gasteiger partial charge in [-0.2, -0.15) is 10.2 Å². The highest BCUT2D eigenvalue weighted by Crippen LogP contribution is 2.26. The predicted molar refractivity (Wildman–Crippen MR) is 52.9 cm³/mol. The molecule has 0 rings (SSSR count). The summed E-state index contributed by atoms with van der Waals surface area (Å²) in [5.74, 6) is 0. The van der Waals surface area contributed by atoms with Gasteiger partial charge in [0.1, 0.15) is 0 Å². The van der Waals surface area contributed by atoms with Crippen LogP contribution in [-0.2, 0) is 0 Å². The van der Waals surface area contributed by atoms with E-state index in [9.17, 15) is 0 Å². The highest BCUT2D eigenvalue weighted by molar-refractivity contribution is 5.07. The summed E-state index contributed by atoms with van der Waals surface area (Å²) in [7, 11) is 0. The minimum Gasteiger partial charge on any atom is -0.156 e. The Morgan fingerprint density at radius 3 is 2.00 bits per heavy atom. The monoisotopic (exact) mass is 166 g/mol. The molecule has 0 radical (unpaired) electrons. The van der Waals surface area contributed by atoms with Crippen molar-refractivity contribution in [1.82, 2.24) is 0 Å². The van der Waals surface area contributed by atoms with Crippen LogP contribution in [0.3, 0.4) is 0 Å². The maximum atomic E-state index is 4.10. The van der Waals surface area contributed by atoms with Crippen molar-refractivity contribution in [3.05, 3.63) is 24.0 Å². The Morgan fingerprint density at radius 1 is 1.25 bits per heavy atom. The van der Waals surface area contributed by atoms with Crippen LogP contribution in [0.4, 0.5) is 0 Å². The van der Waals surface area contributed by atoms with E-state index in [1.807, 2.05) is 19.9 Å².